The van der Waals surface area contributed by atoms with Gasteiger partial charge in [0.1, 0.15) is 5.84 Å². The minimum atomic E-state index is -0.258. The minimum absolute atomic E-state index is 0.154. The monoisotopic (exact) mass is 215 g/mol. The van der Waals surface area contributed by atoms with Crippen molar-refractivity contribution in [2.45, 2.75) is 53.0 Å². The van der Waals surface area contributed by atoms with E-state index in [1.165, 1.54) is 0 Å². The van der Waals surface area contributed by atoms with Gasteiger partial charge in [0.05, 0.1) is 0 Å². The van der Waals surface area contributed by atoms with Crippen LogP contribution in [0, 0.1) is 5.41 Å². The molecule has 0 amide bonds. The minimum Gasteiger partial charge on any atom is -0.409 e. The fourth-order valence-corrected chi connectivity index (χ4v) is 1.10. The molecule has 0 heterocycles. The molecular weight excluding hydrogens is 190 g/mol. The average Bonchev–Trinajstić information content (AvgIpc) is 2.16. The lowest BCUT2D eigenvalue weighted by Gasteiger charge is -2.28. The molecule has 90 valence electrons. The summed E-state index contributed by atoms with van der Waals surface area (Å²) in [5, 5.41) is 15.1. The Hall–Kier alpha value is -0.770. The summed E-state index contributed by atoms with van der Waals surface area (Å²) in [6.07, 6.45) is 1.93. The second kappa shape index (κ2) is 5.35. The van der Waals surface area contributed by atoms with Crippen LogP contribution >= 0.6 is 0 Å². The molecule has 0 fully saturated rings. The van der Waals surface area contributed by atoms with Gasteiger partial charge in [-0.3, -0.25) is 0 Å². The highest BCUT2D eigenvalue weighted by Gasteiger charge is 2.24. The van der Waals surface area contributed by atoms with Gasteiger partial charge in [0.15, 0.2) is 0 Å². The molecule has 0 aliphatic carbocycles. The smallest absolute Gasteiger partial charge is 0.144 e. The molecule has 0 aromatic heterocycles. The zero-order valence-corrected chi connectivity index (χ0v) is 10.6. The zero-order chi connectivity index (χ0) is 12.1. The van der Waals surface area contributed by atoms with E-state index in [-0.39, 0.29) is 11.0 Å². The van der Waals surface area contributed by atoms with Crippen molar-refractivity contribution in [3.63, 3.8) is 0 Å². The molecule has 0 aliphatic heterocycles. The second-order valence-electron chi connectivity index (χ2n) is 5.28. The van der Waals surface area contributed by atoms with Gasteiger partial charge >= 0.3 is 0 Å². The van der Waals surface area contributed by atoms with Crippen LogP contribution in [0.5, 0.6) is 0 Å². The van der Waals surface area contributed by atoms with Crippen molar-refractivity contribution in [1.29, 1.82) is 0 Å². The molecule has 15 heavy (non-hydrogen) atoms. The van der Waals surface area contributed by atoms with Crippen molar-refractivity contribution >= 4 is 5.84 Å². The van der Waals surface area contributed by atoms with Crippen molar-refractivity contribution in [1.82, 2.24) is 5.32 Å². The van der Waals surface area contributed by atoms with Gasteiger partial charge in [-0.2, -0.15) is 0 Å². The largest absolute Gasteiger partial charge is 0.409 e. The van der Waals surface area contributed by atoms with E-state index < -0.39 is 0 Å². The molecule has 0 spiro atoms. The average molecular weight is 215 g/mol. The normalized spacial score (nSPS) is 14.3. The summed E-state index contributed by atoms with van der Waals surface area (Å²) in [7, 11) is 0. The summed E-state index contributed by atoms with van der Waals surface area (Å²) in [4.78, 5) is 0. The van der Waals surface area contributed by atoms with Crippen LogP contribution in [-0.4, -0.2) is 23.1 Å². The van der Waals surface area contributed by atoms with E-state index in [0.717, 1.165) is 19.4 Å². The lowest BCUT2D eigenvalue weighted by atomic mass is 9.87. The summed E-state index contributed by atoms with van der Waals surface area (Å²) < 4.78 is 0. The van der Waals surface area contributed by atoms with E-state index in [2.05, 4.69) is 31.2 Å². The fraction of sp³-hybridized carbons (Fsp3) is 0.909. The number of nitrogens with one attached hydrogen (secondary N) is 1. The Kier molecular flexibility index (Phi) is 5.08. The van der Waals surface area contributed by atoms with Crippen LogP contribution in [0.3, 0.4) is 0 Å². The lowest BCUT2D eigenvalue weighted by Crippen LogP contribution is -2.42. The van der Waals surface area contributed by atoms with Crippen LogP contribution in [0.25, 0.3) is 0 Å². The van der Waals surface area contributed by atoms with Crippen LogP contribution in [0.1, 0.15) is 47.5 Å². The number of rotatable bonds is 6. The Morgan fingerprint density at radius 3 is 2.27 bits per heavy atom. The highest BCUT2D eigenvalue weighted by molar-refractivity contribution is 5.85. The molecule has 4 N–H and O–H groups in total. The first-order chi connectivity index (χ1) is 6.75. The second-order valence-corrected chi connectivity index (χ2v) is 5.28. The summed E-state index contributed by atoms with van der Waals surface area (Å²) in [6.45, 7) is 11.3. The van der Waals surface area contributed by atoms with E-state index in [0.29, 0.717) is 5.84 Å². The van der Waals surface area contributed by atoms with Crippen molar-refractivity contribution in [2.24, 2.45) is 16.3 Å². The van der Waals surface area contributed by atoms with Gasteiger partial charge in [-0.05, 0) is 33.2 Å². The predicted octanol–water partition coefficient (Wildman–Crippen LogP) is 1.93. The maximum Gasteiger partial charge on any atom is 0.144 e. The maximum absolute atomic E-state index is 8.62. The van der Waals surface area contributed by atoms with Gasteiger partial charge < -0.3 is 16.3 Å². The Balaban J connectivity index is 4.07. The van der Waals surface area contributed by atoms with E-state index >= 15 is 0 Å². The SMILES string of the molecule is CCC(C)(C)NCCC(C)(C)C(N)=NO. The number of amidine groups is 1. The third-order valence-corrected chi connectivity index (χ3v) is 3.04. The van der Waals surface area contributed by atoms with E-state index in [1.54, 1.807) is 0 Å². The molecular formula is C11H25N3O. The van der Waals surface area contributed by atoms with Crippen molar-refractivity contribution in [3.8, 4) is 0 Å². The summed E-state index contributed by atoms with van der Waals surface area (Å²) in [6, 6.07) is 0. The van der Waals surface area contributed by atoms with E-state index in [4.69, 9.17) is 10.9 Å². The third kappa shape index (κ3) is 5.02. The number of hydrogen-bond donors (Lipinski definition) is 3. The fourth-order valence-electron chi connectivity index (χ4n) is 1.10. The number of nitrogens with two attached hydrogens (primary N) is 1. The molecule has 0 bridgehead atoms. The molecule has 0 aromatic carbocycles. The topological polar surface area (TPSA) is 70.6 Å². The summed E-state index contributed by atoms with van der Waals surface area (Å²) in [5.74, 6) is 0.290. The van der Waals surface area contributed by atoms with Crippen molar-refractivity contribution in [2.75, 3.05) is 6.54 Å². The van der Waals surface area contributed by atoms with Gasteiger partial charge in [0, 0.05) is 11.0 Å². The molecule has 0 unspecified atom stereocenters. The Morgan fingerprint density at radius 2 is 1.87 bits per heavy atom. The maximum atomic E-state index is 8.62. The van der Waals surface area contributed by atoms with Gasteiger partial charge in [0.2, 0.25) is 0 Å². The third-order valence-electron chi connectivity index (χ3n) is 3.04. The van der Waals surface area contributed by atoms with Crippen LogP contribution in [0.2, 0.25) is 0 Å². The van der Waals surface area contributed by atoms with E-state index in [1.807, 2.05) is 13.8 Å². The first-order valence-electron chi connectivity index (χ1n) is 5.48. The van der Waals surface area contributed by atoms with Crippen LogP contribution in [0.4, 0.5) is 0 Å². The van der Waals surface area contributed by atoms with Crippen molar-refractivity contribution in [3.05, 3.63) is 0 Å². The highest BCUT2D eigenvalue weighted by atomic mass is 16.4. The van der Waals surface area contributed by atoms with Gasteiger partial charge in [-0.25, -0.2) is 0 Å². The molecule has 4 heteroatoms. The Labute approximate surface area is 92.9 Å². The number of nitrogens with zero attached hydrogens (tertiary/aromatic N) is 1. The molecule has 0 radical (unpaired) electrons. The molecule has 0 saturated heterocycles. The Bertz CT molecular complexity index is 222. The van der Waals surface area contributed by atoms with Gasteiger partial charge in [-0.15, -0.1) is 0 Å². The number of hydrogen-bond acceptors (Lipinski definition) is 3. The molecule has 4 nitrogen and oxygen atoms in total. The molecule has 0 rings (SSSR count). The molecule has 0 aromatic rings. The predicted molar refractivity (Wildman–Crippen MR) is 64.2 cm³/mol. The van der Waals surface area contributed by atoms with Gasteiger partial charge in [-0.1, -0.05) is 25.9 Å². The van der Waals surface area contributed by atoms with Crippen molar-refractivity contribution < 1.29 is 5.21 Å². The quantitative estimate of drug-likeness (QED) is 0.274. The first-order valence-corrected chi connectivity index (χ1v) is 5.48. The van der Waals surface area contributed by atoms with E-state index in [9.17, 15) is 0 Å². The van der Waals surface area contributed by atoms with Crippen LogP contribution in [-0.2, 0) is 0 Å². The van der Waals surface area contributed by atoms with Crippen LogP contribution in [0.15, 0.2) is 5.16 Å². The number of oxime groups is 1. The molecule has 0 aliphatic rings. The zero-order valence-electron chi connectivity index (χ0n) is 10.6. The molecule has 0 atom stereocenters. The standard InChI is InChI=1S/C11H25N3O/c1-6-11(4,5)13-8-7-10(2,3)9(12)14-15/h13,15H,6-8H2,1-5H3,(H2,12,14). The van der Waals surface area contributed by atoms with Crippen LogP contribution < -0.4 is 11.1 Å². The Morgan fingerprint density at radius 1 is 1.33 bits per heavy atom. The molecule has 0 saturated carbocycles. The first kappa shape index (κ1) is 14.2. The highest BCUT2D eigenvalue weighted by Crippen LogP contribution is 2.20. The lowest BCUT2D eigenvalue weighted by molar-refractivity contribution is 0.300. The van der Waals surface area contributed by atoms with Gasteiger partial charge in [0.25, 0.3) is 0 Å². The summed E-state index contributed by atoms with van der Waals surface area (Å²) in [5.41, 5.74) is 5.50. The summed E-state index contributed by atoms with van der Waals surface area (Å²) >= 11 is 0.